The summed E-state index contributed by atoms with van der Waals surface area (Å²) in [6, 6.07) is 4.00. The first-order valence-electron chi connectivity index (χ1n) is 6.99. The largest absolute Gasteiger partial charge is 0.356 e. The van der Waals surface area contributed by atoms with Crippen molar-refractivity contribution >= 4 is 5.82 Å². The highest BCUT2D eigenvalue weighted by Crippen LogP contribution is 2.26. The van der Waals surface area contributed by atoms with E-state index in [1.54, 1.807) is 0 Å². The zero-order valence-corrected chi connectivity index (χ0v) is 11.3. The maximum absolute atomic E-state index is 9.15. The van der Waals surface area contributed by atoms with Crippen LogP contribution in [0.5, 0.6) is 0 Å². The Morgan fingerprint density at radius 2 is 2.05 bits per heavy atom. The molecule has 19 heavy (non-hydrogen) atoms. The molecule has 0 aromatic carbocycles. The van der Waals surface area contributed by atoms with E-state index in [-0.39, 0.29) is 0 Å². The van der Waals surface area contributed by atoms with Gasteiger partial charge >= 0.3 is 0 Å². The first kappa shape index (κ1) is 12.4. The van der Waals surface area contributed by atoms with Gasteiger partial charge in [-0.3, -0.25) is 0 Å². The molecule has 1 aromatic heterocycles. The van der Waals surface area contributed by atoms with Crippen LogP contribution in [0.2, 0.25) is 0 Å². The van der Waals surface area contributed by atoms with Gasteiger partial charge in [0.2, 0.25) is 0 Å². The summed E-state index contributed by atoms with van der Waals surface area (Å²) in [5.41, 5.74) is 0.501. The lowest BCUT2D eigenvalue weighted by Crippen LogP contribution is -2.21. The molecule has 0 bridgehead atoms. The van der Waals surface area contributed by atoms with E-state index >= 15 is 0 Å². The molecular formula is C14H19N5. The van der Waals surface area contributed by atoms with Crippen LogP contribution in [-0.4, -0.2) is 48.1 Å². The van der Waals surface area contributed by atoms with Crippen molar-refractivity contribution in [3.8, 4) is 6.07 Å². The molecular weight excluding hydrogens is 238 g/mol. The minimum absolute atomic E-state index is 0.375. The Labute approximate surface area is 113 Å². The predicted molar refractivity (Wildman–Crippen MR) is 73.0 cm³/mol. The van der Waals surface area contributed by atoms with Gasteiger partial charge in [-0.15, -0.1) is 0 Å². The van der Waals surface area contributed by atoms with Crippen molar-refractivity contribution in [2.45, 2.75) is 25.2 Å². The van der Waals surface area contributed by atoms with Gasteiger partial charge in [0.25, 0.3) is 0 Å². The van der Waals surface area contributed by atoms with E-state index in [9.17, 15) is 0 Å². The smallest absolute Gasteiger partial charge is 0.146 e. The molecule has 3 heterocycles. The lowest BCUT2D eigenvalue weighted by molar-refractivity contribution is 0.409. The van der Waals surface area contributed by atoms with Gasteiger partial charge in [0.15, 0.2) is 0 Å². The molecule has 0 saturated carbocycles. The molecule has 1 atom stereocenters. The Morgan fingerprint density at radius 3 is 2.68 bits per heavy atom. The minimum atomic E-state index is 0.375. The Hall–Kier alpha value is -1.67. The maximum atomic E-state index is 9.15. The van der Waals surface area contributed by atoms with Gasteiger partial charge in [-0.05, 0) is 32.9 Å². The van der Waals surface area contributed by atoms with Crippen molar-refractivity contribution in [3.05, 3.63) is 17.6 Å². The Kier molecular flexibility index (Phi) is 3.34. The molecule has 5 nitrogen and oxygen atoms in total. The molecule has 0 N–H and O–H groups in total. The molecule has 0 spiro atoms. The summed E-state index contributed by atoms with van der Waals surface area (Å²) < 4.78 is 0. The maximum Gasteiger partial charge on any atom is 0.146 e. The zero-order chi connectivity index (χ0) is 13.2. The van der Waals surface area contributed by atoms with Crippen LogP contribution in [-0.2, 0) is 0 Å². The average Bonchev–Trinajstić information content (AvgIpc) is 3.09. The highest BCUT2D eigenvalue weighted by molar-refractivity contribution is 5.44. The van der Waals surface area contributed by atoms with Gasteiger partial charge in [-0.25, -0.2) is 9.97 Å². The summed E-state index contributed by atoms with van der Waals surface area (Å²) in [5.74, 6) is 2.17. The standard InChI is InChI=1S/C14H19N5/c1-18-7-4-11(10-18)14-16-12(9-15)8-13(17-14)19-5-2-3-6-19/h8,11H,2-7,10H2,1H3. The fourth-order valence-corrected chi connectivity index (χ4v) is 2.95. The van der Waals surface area contributed by atoms with Gasteiger partial charge in [-0.1, -0.05) is 0 Å². The summed E-state index contributed by atoms with van der Waals surface area (Å²) in [6.07, 6.45) is 3.52. The number of aromatic nitrogens is 2. The molecule has 2 fully saturated rings. The molecule has 1 aromatic rings. The molecule has 2 aliphatic heterocycles. The fourth-order valence-electron chi connectivity index (χ4n) is 2.95. The third kappa shape index (κ3) is 2.54. The second kappa shape index (κ2) is 5.14. The molecule has 0 amide bonds. The van der Waals surface area contributed by atoms with Crippen molar-refractivity contribution in [3.63, 3.8) is 0 Å². The van der Waals surface area contributed by atoms with Crippen molar-refractivity contribution in [1.29, 1.82) is 5.26 Å². The molecule has 0 radical (unpaired) electrons. The average molecular weight is 257 g/mol. The number of nitrogens with zero attached hydrogens (tertiary/aromatic N) is 5. The Morgan fingerprint density at radius 1 is 1.26 bits per heavy atom. The second-order valence-electron chi connectivity index (χ2n) is 5.52. The molecule has 3 rings (SSSR count). The highest BCUT2D eigenvalue weighted by Gasteiger charge is 2.25. The minimum Gasteiger partial charge on any atom is -0.356 e. The molecule has 5 heteroatoms. The van der Waals surface area contributed by atoms with Gasteiger partial charge < -0.3 is 9.80 Å². The summed E-state index contributed by atoms with van der Waals surface area (Å²) in [7, 11) is 2.12. The summed E-state index contributed by atoms with van der Waals surface area (Å²) >= 11 is 0. The first-order chi connectivity index (χ1) is 9.26. The lowest BCUT2D eigenvalue weighted by atomic mass is 10.1. The van der Waals surface area contributed by atoms with E-state index in [1.807, 2.05) is 6.07 Å². The van der Waals surface area contributed by atoms with E-state index in [0.29, 0.717) is 11.6 Å². The number of rotatable bonds is 2. The van der Waals surface area contributed by atoms with Crippen LogP contribution >= 0.6 is 0 Å². The number of likely N-dealkylation sites (tertiary alicyclic amines) is 1. The van der Waals surface area contributed by atoms with E-state index in [4.69, 9.17) is 10.2 Å². The van der Waals surface area contributed by atoms with Crippen LogP contribution in [0.15, 0.2) is 6.07 Å². The van der Waals surface area contributed by atoms with Crippen molar-refractivity contribution < 1.29 is 0 Å². The third-order valence-corrected chi connectivity index (χ3v) is 4.03. The molecule has 2 aliphatic rings. The summed E-state index contributed by atoms with van der Waals surface area (Å²) in [6.45, 7) is 4.18. The van der Waals surface area contributed by atoms with E-state index in [1.165, 1.54) is 12.8 Å². The van der Waals surface area contributed by atoms with Crippen LogP contribution in [0.4, 0.5) is 5.82 Å². The van der Waals surface area contributed by atoms with Crippen LogP contribution < -0.4 is 4.90 Å². The Bertz CT molecular complexity index is 501. The van der Waals surface area contributed by atoms with E-state index in [2.05, 4.69) is 27.9 Å². The normalized spacial score (nSPS) is 23.8. The van der Waals surface area contributed by atoms with Crippen LogP contribution in [0.25, 0.3) is 0 Å². The van der Waals surface area contributed by atoms with E-state index < -0.39 is 0 Å². The number of anilines is 1. The fraction of sp³-hybridized carbons (Fsp3) is 0.643. The number of likely N-dealkylation sites (N-methyl/N-ethyl adjacent to an activating group) is 1. The topological polar surface area (TPSA) is 56.1 Å². The van der Waals surface area contributed by atoms with Crippen LogP contribution in [0.1, 0.15) is 36.7 Å². The van der Waals surface area contributed by atoms with Crippen molar-refractivity contribution in [2.24, 2.45) is 0 Å². The number of nitriles is 1. The van der Waals surface area contributed by atoms with Gasteiger partial charge in [-0.2, -0.15) is 5.26 Å². The third-order valence-electron chi connectivity index (χ3n) is 4.03. The Balaban J connectivity index is 1.91. The molecule has 0 aliphatic carbocycles. The van der Waals surface area contributed by atoms with E-state index in [0.717, 1.165) is 44.2 Å². The summed E-state index contributed by atoms with van der Waals surface area (Å²) in [5, 5.41) is 9.15. The monoisotopic (exact) mass is 257 g/mol. The van der Waals surface area contributed by atoms with Crippen molar-refractivity contribution in [1.82, 2.24) is 14.9 Å². The van der Waals surface area contributed by atoms with Crippen LogP contribution in [0.3, 0.4) is 0 Å². The quantitative estimate of drug-likeness (QED) is 0.801. The zero-order valence-electron chi connectivity index (χ0n) is 11.3. The van der Waals surface area contributed by atoms with Gasteiger partial charge in [0, 0.05) is 31.6 Å². The SMILES string of the molecule is CN1CCC(c2nc(C#N)cc(N3CCCC3)n2)C1. The molecule has 1 unspecified atom stereocenters. The lowest BCUT2D eigenvalue weighted by Gasteiger charge is -2.18. The number of hydrogen-bond acceptors (Lipinski definition) is 5. The van der Waals surface area contributed by atoms with Crippen molar-refractivity contribution in [2.75, 3.05) is 38.1 Å². The highest BCUT2D eigenvalue weighted by atomic mass is 15.2. The van der Waals surface area contributed by atoms with Crippen LogP contribution in [0, 0.1) is 11.3 Å². The predicted octanol–water partition coefficient (Wildman–Crippen LogP) is 1.37. The van der Waals surface area contributed by atoms with Gasteiger partial charge in [0.05, 0.1) is 0 Å². The molecule has 100 valence electrons. The molecule has 2 saturated heterocycles. The first-order valence-corrected chi connectivity index (χ1v) is 6.99. The van der Waals surface area contributed by atoms with Gasteiger partial charge in [0.1, 0.15) is 23.4 Å². The second-order valence-corrected chi connectivity index (χ2v) is 5.52. The summed E-state index contributed by atoms with van der Waals surface area (Å²) in [4.78, 5) is 13.7. The number of hydrogen-bond donors (Lipinski definition) is 0.